The molecule has 2 aromatic carbocycles. The molecule has 0 N–H and O–H groups in total. The molecule has 2 heteroatoms. The van der Waals surface area contributed by atoms with Gasteiger partial charge in [-0.15, -0.1) is 0 Å². The van der Waals surface area contributed by atoms with E-state index in [9.17, 15) is 5.26 Å². The average molecular weight is 296 g/mol. The summed E-state index contributed by atoms with van der Waals surface area (Å²) in [5.74, 6) is 6.88. The second-order valence-corrected chi connectivity index (χ2v) is 16.1. The Hall–Kier alpha value is -1.53. The van der Waals surface area contributed by atoms with Gasteiger partial charge < -0.3 is 0 Å². The third-order valence-electron chi connectivity index (χ3n) is 2.78. The molecule has 2 aromatic rings. The molecule has 0 heterocycles. The Labute approximate surface area is 111 Å². The summed E-state index contributed by atoms with van der Waals surface area (Å²) in [6.07, 6.45) is 0. The van der Waals surface area contributed by atoms with E-state index in [1.165, 1.54) is 10.8 Å². The van der Waals surface area contributed by atoms with Crippen molar-refractivity contribution >= 4 is 29.6 Å². The monoisotopic (exact) mass is 297 g/mol. The van der Waals surface area contributed by atoms with E-state index in [2.05, 4.69) is 46.4 Å². The van der Waals surface area contributed by atoms with Crippen LogP contribution >= 0.6 is 0 Å². The molecule has 0 amide bonds. The molecule has 0 unspecified atom stereocenters. The first-order chi connectivity index (χ1) is 8.51. The van der Waals surface area contributed by atoms with Crippen LogP contribution in [-0.2, 0) is 0 Å². The van der Waals surface area contributed by atoms with E-state index in [4.69, 9.17) is 0 Å². The zero-order valence-electron chi connectivity index (χ0n) is 11.1. The molecule has 0 fully saturated rings. The number of nitrogens with zero attached hydrogens (tertiary/aromatic N) is 1. The predicted molar refractivity (Wildman–Crippen MR) is 80.9 cm³/mol. The van der Waals surface area contributed by atoms with Gasteiger partial charge in [-0.2, -0.15) is 0 Å². The molecule has 0 saturated heterocycles. The van der Waals surface area contributed by atoms with Crippen LogP contribution in [0.2, 0.25) is 17.3 Å². The minimum absolute atomic E-state index is 0.833. The maximum atomic E-state index is 9.41. The van der Waals surface area contributed by atoms with Crippen molar-refractivity contribution in [1.29, 1.82) is 5.26 Å². The van der Waals surface area contributed by atoms with E-state index in [-0.39, 0.29) is 0 Å². The molecule has 0 atom stereocenters. The molecule has 0 aromatic heterocycles. The van der Waals surface area contributed by atoms with Crippen LogP contribution in [0.25, 0.3) is 16.3 Å². The molecule has 90 valence electrons. The maximum absolute atomic E-state index is 9.41. The molecule has 18 heavy (non-hydrogen) atoms. The Bertz CT molecular complexity index is 637. The van der Waals surface area contributed by atoms with Gasteiger partial charge in [0.15, 0.2) is 0 Å². The fraction of sp³-hybridized carbons (Fsp3) is 0.188. The molecule has 2 rings (SSSR count). The van der Waals surface area contributed by atoms with E-state index >= 15 is 0 Å². The van der Waals surface area contributed by atoms with Gasteiger partial charge in [0.1, 0.15) is 0 Å². The molecule has 0 aliphatic carbocycles. The zero-order valence-corrected chi connectivity index (χ0v) is 13.2. The molecular formula is C16H17GeN. The first kappa shape index (κ1) is 12.9. The van der Waals surface area contributed by atoms with Gasteiger partial charge in [-0.3, -0.25) is 0 Å². The van der Waals surface area contributed by atoms with Gasteiger partial charge in [0.25, 0.3) is 0 Å². The first-order valence-electron chi connectivity index (χ1n) is 6.12. The minimum atomic E-state index is -1.89. The van der Waals surface area contributed by atoms with Crippen molar-refractivity contribution in [1.82, 2.24) is 0 Å². The Morgan fingerprint density at radius 2 is 1.72 bits per heavy atom. The summed E-state index contributed by atoms with van der Waals surface area (Å²) >= 11 is -1.89. The Morgan fingerprint density at radius 1 is 1.06 bits per heavy atom. The van der Waals surface area contributed by atoms with Crippen molar-refractivity contribution in [2.24, 2.45) is 0 Å². The van der Waals surface area contributed by atoms with Crippen LogP contribution in [0.15, 0.2) is 47.4 Å². The summed E-state index contributed by atoms with van der Waals surface area (Å²) < 4.78 is 0. The van der Waals surface area contributed by atoms with Gasteiger partial charge in [-0.1, -0.05) is 0 Å². The summed E-state index contributed by atoms with van der Waals surface area (Å²) in [6, 6.07) is 16.8. The van der Waals surface area contributed by atoms with Crippen LogP contribution in [0.3, 0.4) is 0 Å². The molecular weight excluding hydrogens is 279 g/mol. The summed E-state index contributed by atoms with van der Waals surface area (Å²) in [5, 5.41) is 11.8. The zero-order chi connectivity index (χ0) is 13.2. The van der Waals surface area contributed by atoms with Gasteiger partial charge in [-0.05, 0) is 0 Å². The van der Waals surface area contributed by atoms with Crippen LogP contribution < -0.4 is 0 Å². The summed E-state index contributed by atoms with van der Waals surface area (Å²) in [5.41, 5.74) is 1.90. The first-order valence-corrected chi connectivity index (χ1v) is 13.6. The molecule has 0 spiro atoms. The number of nitriles is 1. The second-order valence-electron chi connectivity index (χ2n) is 5.56. The van der Waals surface area contributed by atoms with Crippen LogP contribution in [0.1, 0.15) is 5.56 Å². The van der Waals surface area contributed by atoms with Crippen molar-refractivity contribution in [3.8, 4) is 6.07 Å². The average Bonchev–Trinajstić information content (AvgIpc) is 2.34. The molecule has 0 aliphatic heterocycles. The molecule has 0 aliphatic rings. The van der Waals surface area contributed by atoms with Crippen molar-refractivity contribution in [3.05, 3.63) is 52.9 Å². The Morgan fingerprint density at radius 3 is 2.39 bits per heavy atom. The quantitative estimate of drug-likeness (QED) is 0.585. The molecule has 0 saturated carbocycles. The van der Waals surface area contributed by atoms with Gasteiger partial charge >= 0.3 is 111 Å². The SMILES string of the molecule is [CH3][Ge]([CH3])([CH3])/[CH]=C(\C#N)c1cccc2ccccc12. The van der Waals surface area contributed by atoms with Crippen LogP contribution in [0.5, 0.6) is 0 Å². The standard InChI is InChI=1S/C16H17GeN/c1-17(2,3)11-14(12-18)16-10-6-8-13-7-4-5-9-15(13)16/h4-11H,1-3H3/b14-11+. The number of fused-ring (bicyclic) bond motifs is 1. The Balaban J connectivity index is 2.68. The van der Waals surface area contributed by atoms with Gasteiger partial charge in [0, 0.05) is 0 Å². The normalized spacial score (nSPS) is 12.4. The van der Waals surface area contributed by atoms with Crippen molar-refractivity contribution in [3.63, 3.8) is 0 Å². The van der Waals surface area contributed by atoms with Crippen LogP contribution in [-0.4, -0.2) is 13.3 Å². The van der Waals surface area contributed by atoms with E-state index < -0.39 is 13.3 Å². The number of allylic oxidation sites excluding steroid dienone is 1. The fourth-order valence-electron chi connectivity index (χ4n) is 2.06. The van der Waals surface area contributed by atoms with Crippen molar-refractivity contribution < 1.29 is 0 Å². The van der Waals surface area contributed by atoms with Gasteiger partial charge in [-0.25, -0.2) is 0 Å². The van der Waals surface area contributed by atoms with Gasteiger partial charge in [0.05, 0.1) is 0 Å². The second kappa shape index (κ2) is 4.99. The van der Waals surface area contributed by atoms with E-state index in [0.717, 1.165) is 11.1 Å². The Kier molecular flexibility index (Phi) is 3.58. The third-order valence-corrected chi connectivity index (χ3v) is 5.20. The molecule has 0 bridgehead atoms. The number of benzene rings is 2. The topological polar surface area (TPSA) is 23.8 Å². The number of hydrogen-bond donors (Lipinski definition) is 0. The summed E-state index contributed by atoms with van der Waals surface area (Å²) in [4.78, 5) is 2.22. The van der Waals surface area contributed by atoms with E-state index in [0.29, 0.717) is 0 Å². The summed E-state index contributed by atoms with van der Waals surface area (Å²) in [7, 11) is 0. The van der Waals surface area contributed by atoms with E-state index in [1.807, 2.05) is 24.3 Å². The third kappa shape index (κ3) is 2.83. The molecule has 0 radical (unpaired) electrons. The fourth-order valence-corrected chi connectivity index (χ4v) is 4.34. The number of hydrogen-bond acceptors (Lipinski definition) is 1. The van der Waals surface area contributed by atoms with Crippen LogP contribution in [0.4, 0.5) is 0 Å². The van der Waals surface area contributed by atoms with Gasteiger partial charge in [0.2, 0.25) is 0 Å². The predicted octanol–water partition coefficient (Wildman–Crippen LogP) is 4.62. The number of rotatable bonds is 2. The van der Waals surface area contributed by atoms with E-state index in [1.54, 1.807) is 0 Å². The molecule has 1 nitrogen and oxygen atoms in total. The van der Waals surface area contributed by atoms with Crippen LogP contribution in [0, 0.1) is 11.3 Å². The summed E-state index contributed by atoms with van der Waals surface area (Å²) in [6.45, 7) is 0. The van der Waals surface area contributed by atoms with Crippen molar-refractivity contribution in [2.45, 2.75) is 17.3 Å². The van der Waals surface area contributed by atoms with Crippen molar-refractivity contribution in [2.75, 3.05) is 0 Å².